The first-order chi connectivity index (χ1) is 9.25. The second kappa shape index (κ2) is 5.75. The lowest BCUT2D eigenvalue weighted by molar-refractivity contribution is -0.0332. The van der Waals surface area contributed by atoms with E-state index in [-0.39, 0.29) is 0 Å². The van der Waals surface area contributed by atoms with Gasteiger partial charge in [-0.1, -0.05) is 12.1 Å². The van der Waals surface area contributed by atoms with Crippen molar-refractivity contribution in [2.24, 2.45) is 0 Å². The highest BCUT2D eigenvalue weighted by Crippen LogP contribution is 2.32. The van der Waals surface area contributed by atoms with Gasteiger partial charge in [0.15, 0.2) is 0 Å². The summed E-state index contributed by atoms with van der Waals surface area (Å²) in [5, 5.41) is 18.0. The Balaban J connectivity index is 1.66. The second-order valence-electron chi connectivity index (χ2n) is 5.31. The van der Waals surface area contributed by atoms with Gasteiger partial charge in [-0.2, -0.15) is 0 Å². The van der Waals surface area contributed by atoms with E-state index in [1.54, 1.807) is 22.7 Å². The number of hydrogen-bond donors (Lipinski definition) is 2. The van der Waals surface area contributed by atoms with Gasteiger partial charge in [0, 0.05) is 28.8 Å². The maximum Gasteiger partial charge on any atom is 0.0771 e. The Morgan fingerprint density at radius 2 is 2.00 bits per heavy atom. The van der Waals surface area contributed by atoms with Crippen LogP contribution in [0.15, 0.2) is 35.0 Å². The normalized spacial score (nSPS) is 19.0. The predicted molar refractivity (Wildman–Crippen MR) is 81.9 cm³/mol. The highest BCUT2D eigenvalue weighted by Gasteiger charge is 2.34. The quantitative estimate of drug-likeness (QED) is 0.853. The van der Waals surface area contributed by atoms with E-state index >= 15 is 0 Å². The zero-order valence-corrected chi connectivity index (χ0v) is 12.5. The molecule has 0 amide bonds. The largest absolute Gasteiger partial charge is 0.389 e. The Hall–Kier alpha value is -0.680. The van der Waals surface area contributed by atoms with Crippen LogP contribution < -0.4 is 5.32 Å². The van der Waals surface area contributed by atoms with Crippen LogP contribution >= 0.6 is 22.7 Å². The van der Waals surface area contributed by atoms with Crippen molar-refractivity contribution in [2.45, 2.75) is 37.3 Å². The monoisotopic (exact) mass is 293 g/mol. The number of thiophene rings is 2. The molecule has 1 aliphatic carbocycles. The van der Waals surface area contributed by atoms with E-state index < -0.39 is 5.60 Å². The van der Waals surface area contributed by atoms with Gasteiger partial charge in [-0.15, -0.1) is 22.7 Å². The lowest BCUT2D eigenvalue weighted by Crippen LogP contribution is -2.47. The van der Waals surface area contributed by atoms with Crippen molar-refractivity contribution in [3.8, 4) is 0 Å². The van der Waals surface area contributed by atoms with E-state index in [1.807, 2.05) is 0 Å². The third-order valence-electron chi connectivity index (χ3n) is 3.83. The van der Waals surface area contributed by atoms with Crippen molar-refractivity contribution >= 4 is 22.7 Å². The van der Waals surface area contributed by atoms with Crippen molar-refractivity contribution in [2.75, 3.05) is 6.54 Å². The molecule has 1 fully saturated rings. The third-order valence-corrected chi connectivity index (χ3v) is 5.72. The summed E-state index contributed by atoms with van der Waals surface area (Å²) in [6.45, 7) is 0.709. The number of rotatable bonds is 6. The van der Waals surface area contributed by atoms with Crippen LogP contribution in [-0.4, -0.2) is 17.3 Å². The second-order valence-corrected chi connectivity index (χ2v) is 7.32. The molecule has 1 aliphatic rings. The molecule has 102 valence electrons. The standard InChI is InChI=1S/C15H19NOS2/c17-15(6-3-7-15)11-16-13(14-5-2-9-19-14)10-12-4-1-8-18-12/h1-2,4-5,8-9,13,16-17H,3,6-7,10-11H2. The maximum absolute atomic E-state index is 10.2. The minimum Gasteiger partial charge on any atom is -0.389 e. The summed E-state index contributed by atoms with van der Waals surface area (Å²) < 4.78 is 0. The molecule has 2 N–H and O–H groups in total. The highest BCUT2D eigenvalue weighted by atomic mass is 32.1. The van der Waals surface area contributed by atoms with E-state index in [1.165, 1.54) is 9.75 Å². The van der Waals surface area contributed by atoms with Gasteiger partial charge in [0.1, 0.15) is 0 Å². The number of aliphatic hydroxyl groups is 1. The first-order valence-electron chi connectivity index (χ1n) is 6.77. The van der Waals surface area contributed by atoms with Crippen molar-refractivity contribution in [3.05, 3.63) is 44.8 Å². The molecule has 4 heteroatoms. The van der Waals surface area contributed by atoms with E-state index in [9.17, 15) is 5.11 Å². The molecule has 1 saturated carbocycles. The van der Waals surface area contributed by atoms with Crippen molar-refractivity contribution < 1.29 is 5.11 Å². The van der Waals surface area contributed by atoms with Crippen molar-refractivity contribution in [1.29, 1.82) is 0 Å². The van der Waals surface area contributed by atoms with E-state index in [2.05, 4.69) is 40.3 Å². The van der Waals surface area contributed by atoms with Gasteiger partial charge in [-0.05, 0) is 42.2 Å². The zero-order valence-electron chi connectivity index (χ0n) is 10.8. The van der Waals surface area contributed by atoms with E-state index in [0.717, 1.165) is 25.7 Å². The first kappa shape index (κ1) is 13.3. The molecule has 0 radical (unpaired) electrons. The molecule has 0 aliphatic heterocycles. The highest BCUT2D eigenvalue weighted by molar-refractivity contribution is 7.10. The lowest BCUT2D eigenvalue weighted by atomic mass is 9.80. The summed E-state index contributed by atoms with van der Waals surface area (Å²) in [4.78, 5) is 2.75. The van der Waals surface area contributed by atoms with Gasteiger partial charge < -0.3 is 10.4 Å². The molecule has 2 heterocycles. The maximum atomic E-state index is 10.2. The molecule has 0 saturated heterocycles. The molecule has 2 aromatic rings. The molecular formula is C15H19NOS2. The van der Waals surface area contributed by atoms with Crippen LogP contribution in [0, 0.1) is 0 Å². The molecule has 19 heavy (non-hydrogen) atoms. The smallest absolute Gasteiger partial charge is 0.0771 e. The predicted octanol–water partition coefficient (Wildman–Crippen LogP) is 3.60. The average molecular weight is 293 g/mol. The first-order valence-corrected chi connectivity index (χ1v) is 8.53. The molecule has 0 spiro atoms. The fourth-order valence-corrected chi connectivity index (χ4v) is 4.02. The SMILES string of the molecule is OC1(CNC(Cc2cccs2)c2cccs2)CCC1. The summed E-state index contributed by atoms with van der Waals surface area (Å²) in [6, 6.07) is 8.89. The van der Waals surface area contributed by atoms with Crippen LogP contribution in [0.5, 0.6) is 0 Å². The minimum atomic E-state index is -0.453. The molecule has 2 aromatic heterocycles. The Kier molecular flexibility index (Phi) is 4.03. The van der Waals surface area contributed by atoms with Crippen LogP contribution in [0.3, 0.4) is 0 Å². The Bertz CT molecular complexity index is 488. The van der Waals surface area contributed by atoms with E-state index in [0.29, 0.717) is 12.6 Å². The van der Waals surface area contributed by atoms with Gasteiger partial charge in [0.2, 0.25) is 0 Å². The fraction of sp³-hybridized carbons (Fsp3) is 0.467. The molecule has 1 atom stereocenters. The molecular weight excluding hydrogens is 274 g/mol. The summed E-state index contributed by atoms with van der Waals surface area (Å²) in [5.41, 5.74) is -0.453. The van der Waals surface area contributed by atoms with Gasteiger partial charge in [-0.3, -0.25) is 0 Å². The Morgan fingerprint density at radius 3 is 2.58 bits per heavy atom. The number of nitrogens with one attached hydrogen (secondary N) is 1. The third kappa shape index (κ3) is 3.26. The minimum absolute atomic E-state index is 0.322. The van der Waals surface area contributed by atoms with Crippen LogP contribution in [0.1, 0.15) is 35.1 Å². The molecule has 2 nitrogen and oxygen atoms in total. The van der Waals surface area contributed by atoms with Gasteiger partial charge in [0.05, 0.1) is 5.60 Å². The van der Waals surface area contributed by atoms with Crippen LogP contribution in [0.4, 0.5) is 0 Å². The molecule has 1 unspecified atom stereocenters. The van der Waals surface area contributed by atoms with Gasteiger partial charge in [-0.25, -0.2) is 0 Å². The fourth-order valence-electron chi connectivity index (χ4n) is 2.47. The Morgan fingerprint density at radius 1 is 1.21 bits per heavy atom. The topological polar surface area (TPSA) is 32.3 Å². The number of hydrogen-bond acceptors (Lipinski definition) is 4. The lowest BCUT2D eigenvalue weighted by Gasteiger charge is -2.38. The van der Waals surface area contributed by atoms with Crippen LogP contribution in [0.2, 0.25) is 0 Å². The molecule has 3 rings (SSSR count). The van der Waals surface area contributed by atoms with Gasteiger partial charge >= 0.3 is 0 Å². The summed E-state index contributed by atoms with van der Waals surface area (Å²) in [7, 11) is 0. The summed E-state index contributed by atoms with van der Waals surface area (Å²) in [6.07, 6.45) is 4.05. The average Bonchev–Trinajstić information content (AvgIpc) is 3.04. The molecule has 0 bridgehead atoms. The van der Waals surface area contributed by atoms with Crippen LogP contribution in [0.25, 0.3) is 0 Å². The van der Waals surface area contributed by atoms with Crippen molar-refractivity contribution in [1.82, 2.24) is 5.32 Å². The van der Waals surface area contributed by atoms with Crippen molar-refractivity contribution in [3.63, 3.8) is 0 Å². The summed E-state index contributed by atoms with van der Waals surface area (Å²) in [5.74, 6) is 0. The van der Waals surface area contributed by atoms with E-state index in [4.69, 9.17) is 0 Å². The van der Waals surface area contributed by atoms with Crippen LogP contribution in [-0.2, 0) is 6.42 Å². The summed E-state index contributed by atoms with van der Waals surface area (Å²) >= 11 is 3.59. The zero-order chi connectivity index (χ0) is 13.1. The Labute approximate surface area is 122 Å². The molecule has 0 aromatic carbocycles. The van der Waals surface area contributed by atoms with Gasteiger partial charge in [0.25, 0.3) is 0 Å².